The second kappa shape index (κ2) is 5.38. The third-order valence-electron chi connectivity index (χ3n) is 3.66. The van der Waals surface area contributed by atoms with Crippen LogP contribution in [0.15, 0.2) is 35.2 Å². The van der Waals surface area contributed by atoms with Crippen molar-refractivity contribution in [2.24, 2.45) is 11.8 Å². The van der Waals surface area contributed by atoms with E-state index in [1.807, 2.05) is 0 Å². The molecule has 0 unspecified atom stereocenters. The first kappa shape index (κ1) is 13.5. The smallest absolute Gasteiger partial charge is 0.254 e. The van der Waals surface area contributed by atoms with Gasteiger partial charge in [0.2, 0.25) is 0 Å². The SMILES string of the molecule is CC1CCC(N(N)S(=O)(=O)c2ccccc2)CC1. The normalized spacial score (nSPS) is 25.3. The van der Waals surface area contributed by atoms with E-state index in [1.54, 1.807) is 30.3 Å². The number of hydrogen-bond donors (Lipinski definition) is 1. The number of nitrogens with zero attached hydrogens (tertiary/aromatic N) is 1. The Morgan fingerprint density at radius 3 is 2.22 bits per heavy atom. The van der Waals surface area contributed by atoms with Crippen LogP contribution in [0.4, 0.5) is 0 Å². The third kappa shape index (κ3) is 2.74. The van der Waals surface area contributed by atoms with Crippen LogP contribution in [-0.4, -0.2) is 18.9 Å². The molecule has 1 aliphatic carbocycles. The van der Waals surface area contributed by atoms with Crippen molar-refractivity contribution in [2.75, 3.05) is 0 Å². The number of hydrazine groups is 1. The minimum absolute atomic E-state index is 0.0635. The fraction of sp³-hybridized carbons (Fsp3) is 0.538. The fourth-order valence-electron chi connectivity index (χ4n) is 2.41. The van der Waals surface area contributed by atoms with Crippen molar-refractivity contribution < 1.29 is 8.42 Å². The quantitative estimate of drug-likeness (QED) is 0.674. The minimum Gasteiger partial charge on any atom is -0.254 e. The fourth-order valence-corrected chi connectivity index (χ4v) is 3.76. The topological polar surface area (TPSA) is 63.4 Å². The highest BCUT2D eigenvalue weighted by atomic mass is 32.2. The first-order chi connectivity index (χ1) is 8.51. The number of benzene rings is 1. The summed E-state index contributed by atoms with van der Waals surface area (Å²) in [6.45, 7) is 2.20. The average molecular weight is 268 g/mol. The first-order valence-corrected chi connectivity index (χ1v) is 7.80. The number of sulfonamides is 1. The maximum atomic E-state index is 12.3. The maximum absolute atomic E-state index is 12.3. The van der Waals surface area contributed by atoms with Gasteiger partial charge < -0.3 is 0 Å². The van der Waals surface area contributed by atoms with Gasteiger partial charge in [0.05, 0.1) is 4.90 Å². The van der Waals surface area contributed by atoms with Gasteiger partial charge in [0.25, 0.3) is 10.0 Å². The van der Waals surface area contributed by atoms with Crippen LogP contribution >= 0.6 is 0 Å². The van der Waals surface area contributed by atoms with Gasteiger partial charge in [-0.25, -0.2) is 8.42 Å². The van der Waals surface area contributed by atoms with Gasteiger partial charge in [-0.1, -0.05) is 25.1 Å². The van der Waals surface area contributed by atoms with E-state index in [-0.39, 0.29) is 10.9 Å². The lowest BCUT2D eigenvalue weighted by Gasteiger charge is -2.32. The standard InChI is InChI=1S/C13H20N2O2S/c1-11-7-9-12(10-8-11)15(14)18(16,17)13-5-3-2-4-6-13/h2-6,11-12H,7-10,14H2,1H3. The van der Waals surface area contributed by atoms with Crippen molar-refractivity contribution in [1.82, 2.24) is 4.41 Å². The Labute approximate surface area is 109 Å². The van der Waals surface area contributed by atoms with Gasteiger partial charge in [0.1, 0.15) is 0 Å². The summed E-state index contributed by atoms with van der Waals surface area (Å²) < 4.78 is 25.7. The van der Waals surface area contributed by atoms with E-state index in [1.165, 1.54) is 0 Å². The molecule has 1 aromatic rings. The zero-order valence-corrected chi connectivity index (χ0v) is 11.4. The van der Waals surface area contributed by atoms with Crippen LogP contribution in [0.5, 0.6) is 0 Å². The average Bonchev–Trinajstić information content (AvgIpc) is 2.40. The van der Waals surface area contributed by atoms with Crippen LogP contribution < -0.4 is 5.84 Å². The number of hydrogen-bond acceptors (Lipinski definition) is 3. The largest absolute Gasteiger partial charge is 0.255 e. The van der Waals surface area contributed by atoms with E-state index in [4.69, 9.17) is 5.84 Å². The molecule has 18 heavy (non-hydrogen) atoms. The molecule has 0 aromatic heterocycles. The maximum Gasteiger partial charge on any atom is 0.255 e. The summed E-state index contributed by atoms with van der Waals surface area (Å²) in [5, 5.41) is 0. The van der Waals surface area contributed by atoms with Crippen LogP contribution in [-0.2, 0) is 10.0 Å². The zero-order valence-electron chi connectivity index (χ0n) is 10.6. The second-order valence-electron chi connectivity index (χ2n) is 5.06. The molecule has 2 N–H and O–H groups in total. The lowest BCUT2D eigenvalue weighted by Crippen LogP contribution is -2.46. The Kier molecular flexibility index (Phi) is 4.04. The molecule has 1 aliphatic rings. The summed E-state index contributed by atoms with van der Waals surface area (Å²) in [5.41, 5.74) is 0. The highest BCUT2D eigenvalue weighted by Gasteiger charge is 2.31. The molecule has 0 amide bonds. The van der Waals surface area contributed by atoms with Gasteiger partial charge in [0.15, 0.2) is 0 Å². The van der Waals surface area contributed by atoms with Gasteiger partial charge in [-0.05, 0) is 43.7 Å². The molecule has 5 heteroatoms. The molecule has 0 radical (unpaired) electrons. The van der Waals surface area contributed by atoms with Crippen molar-refractivity contribution >= 4 is 10.0 Å². The Morgan fingerprint density at radius 1 is 1.11 bits per heavy atom. The summed E-state index contributed by atoms with van der Waals surface area (Å²) in [6.07, 6.45) is 3.79. The summed E-state index contributed by atoms with van der Waals surface area (Å²) in [4.78, 5) is 0.270. The molecule has 0 saturated heterocycles. The Balaban J connectivity index is 2.15. The summed E-state index contributed by atoms with van der Waals surface area (Å²) in [6, 6.07) is 8.32. The summed E-state index contributed by atoms with van der Waals surface area (Å²) in [7, 11) is -3.54. The second-order valence-corrected chi connectivity index (χ2v) is 6.90. The first-order valence-electron chi connectivity index (χ1n) is 6.36. The summed E-state index contributed by atoms with van der Waals surface area (Å²) in [5.74, 6) is 6.52. The zero-order chi connectivity index (χ0) is 13.2. The van der Waals surface area contributed by atoms with E-state index in [9.17, 15) is 8.42 Å². The van der Waals surface area contributed by atoms with Gasteiger partial charge in [-0.2, -0.15) is 0 Å². The van der Waals surface area contributed by atoms with E-state index in [0.717, 1.165) is 30.1 Å². The van der Waals surface area contributed by atoms with Crippen LogP contribution in [0.1, 0.15) is 32.6 Å². The lowest BCUT2D eigenvalue weighted by molar-refractivity contribution is 0.225. The Morgan fingerprint density at radius 2 is 1.67 bits per heavy atom. The van der Waals surface area contributed by atoms with E-state index < -0.39 is 10.0 Å². The van der Waals surface area contributed by atoms with Gasteiger partial charge >= 0.3 is 0 Å². The third-order valence-corrected chi connectivity index (χ3v) is 5.38. The van der Waals surface area contributed by atoms with Crippen LogP contribution in [0.3, 0.4) is 0 Å². The molecule has 1 fully saturated rings. The van der Waals surface area contributed by atoms with Gasteiger partial charge in [-0.15, -0.1) is 4.41 Å². The molecule has 0 heterocycles. The Hall–Kier alpha value is -0.910. The lowest BCUT2D eigenvalue weighted by atomic mass is 9.88. The van der Waals surface area contributed by atoms with Crippen molar-refractivity contribution in [3.05, 3.63) is 30.3 Å². The molecule has 0 bridgehead atoms. The Bertz CT molecular complexity index is 479. The number of rotatable bonds is 3. The van der Waals surface area contributed by atoms with Crippen molar-refractivity contribution in [1.29, 1.82) is 0 Å². The molecule has 0 spiro atoms. The molecule has 1 aromatic carbocycles. The molecule has 0 aliphatic heterocycles. The monoisotopic (exact) mass is 268 g/mol. The van der Waals surface area contributed by atoms with Crippen LogP contribution in [0, 0.1) is 5.92 Å². The van der Waals surface area contributed by atoms with Crippen molar-refractivity contribution in [2.45, 2.75) is 43.5 Å². The highest BCUT2D eigenvalue weighted by molar-refractivity contribution is 7.89. The van der Waals surface area contributed by atoms with Crippen molar-refractivity contribution in [3.63, 3.8) is 0 Å². The molecule has 2 rings (SSSR count). The molecular weight excluding hydrogens is 248 g/mol. The molecular formula is C13H20N2O2S. The van der Waals surface area contributed by atoms with Crippen LogP contribution in [0.2, 0.25) is 0 Å². The van der Waals surface area contributed by atoms with E-state index in [2.05, 4.69) is 6.92 Å². The number of nitrogens with two attached hydrogens (primary N) is 1. The van der Waals surface area contributed by atoms with Crippen LogP contribution in [0.25, 0.3) is 0 Å². The van der Waals surface area contributed by atoms with Gasteiger partial charge in [-0.3, -0.25) is 5.84 Å². The predicted octanol–water partition coefficient (Wildman–Crippen LogP) is 2.13. The summed E-state index contributed by atoms with van der Waals surface area (Å²) >= 11 is 0. The predicted molar refractivity (Wildman–Crippen MR) is 71.1 cm³/mol. The van der Waals surface area contributed by atoms with E-state index >= 15 is 0 Å². The van der Waals surface area contributed by atoms with Gasteiger partial charge in [0, 0.05) is 6.04 Å². The highest BCUT2D eigenvalue weighted by Crippen LogP contribution is 2.28. The van der Waals surface area contributed by atoms with Crippen molar-refractivity contribution in [3.8, 4) is 0 Å². The minimum atomic E-state index is -3.54. The van der Waals surface area contributed by atoms with E-state index in [0.29, 0.717) is 5.92 Å². The molecule has 1 saturated carbocycles. The molecule has 0 atom stereocenters. The molecule has 100 valence electrons. The molecule has 4 nitrogen and oxygen atoms in total.